The molecule has 0 rings (SSSR count). The van der Waals surface area contributed by atoms with Gasteiger partial charge < -0.3 is 8.33 Å². The van der Waals surface area contributed by atoms with Crippen molar-refractivity contribution in [2.24, 2.45) is 0 Å². The van der Waals surface area contributed by atoms with Crippen molar-refractivity contribution in [3.05, 3.63) is 0 Å². The second-order valence-corrected chi connectivity index (χ2v) is 0. The molecule has 0 aliphatic rings. The molecule has 0 saturated heterocycles. The quantitative estimate of drug-likeness (QED) is 0.495. The van der Waals surface area contributed by atoms with E-state index < -0.39 is 0 Å². The summed E-state index contributed by atoms with van der Waals surface area (Å²) >= 11 is 0. The molecule has 0 aromatic rings. The number of rotatable bonds is 0. The number of hydrogen-bond acceptors (Lipinski definition) is 0. The van der Waals surface area contributed by atoms with Gasteiger partial charge in [-0.2, -0.15) is 0 Å². The third-order valence-corrected chi connectivity index (χ3v) is 0. The average Bonchev–Trinajstić information content (AvgIpc) is 0. The Morgan fingerprint density at radius 2 is 1.25 bits per heavy atom. The van der Waals surface area contributed by atoms with Crippen LogP contribution in [0.1, 0.15) is 2.85 Å². The summed E-state index contributed by atoms with van der Waals surface area (Å²) in [5, 5.41) is 0. The zero-order chi connectivity index (χ0) is 0. The molecule has 2 N–H and O–H groups in total. The van der Waals surface area contributed by atoms with Crippen LogP contribution < -0.4 is 0 Å². The van der Waals surface area contributed by atoms with Crippen LogP contribution in [0.3, 0.4) is 0 Å². The zero-order valence-corrected chi connectivity index (χ0v) is 10.6. The maximum Gasteiger partial charge on any atom is 2.00 e. The Kier molecular flexibility index (Phi) is 106. The monoisotopic (exact) mass is 363 g/mol. The van der Waals surface area contributed by atoms with Gasteiger partial charge in [0, 0.05) is 57.9 Å². The minimum Gasteiger partial charge on any atom is -1.00 e. The molecule has 4 heteroatoms. The first-order chi connectivity index (χ1) is 0. The summed E-state index contributed by atoms with van der Waals surface area (Å²) < 4.78 is 0. The van der Waals surface area contributed by atoms with E-state index in [2.05, 4.69) is 0 Å². The largest absolute Gasteiger partial charge is 2.00 e. The third-order valence-electron chi connectivity index (χ3n) is 0. The van der Waals surface area contributed by atoms with E-state index in [0.29, 0.717) is 0 Å². The van der Waals surface area contributed by atoms with E-state index in [9.17, 15) is 0 Å². The molecule has 0 aromatic carbocycles. The van der Waals surface area contributed by atoms with Crippen molar-refractivity contribution in [2.75, 3.05) is 0 Å². The van der Waals surface area contributed by atoms with E-state index in [4.69, 9.17) is 0 Å². The summed E-state index contributed by atoms with van der Waals surface area (Å²) in [6, 6.07) is 0. The van der Waals surface area contributed by atoms with E-state index in [1.165, 1.54) is 0 Å². The van der Waals surface area contributed by atoms with Crippen molar-refractivity contribution in [2.45, 2.75) is 0 Å². The van der Waals surface area contributed by atoms with Crippen LogP contribution in [0.2, 0.25) is 0 Å². The summed E-state index contributed by atoms with van der Waals surface area (Å²) in [5.41, 5.74) is 0. The predicted octanol–water partition coefficient (Wildman–Crippen LogP) is -0.983. The van der Waals surface area contributed by atoms with Gasteiger partial charge in [-0.05, 0) is 0 Å². The van der Waals surface area contributed by atoms with Crippen LogP contribution in [0.15, 0.2) is 0 Å². The molecule has 27 valence electrons. The van der Waals surface area contributed by atoms with Gasteiger partial charge in [-0.1, -0.05) is 0 Å². The number of hydrogen-bond donors (Lipinski definition) is 0. The summed E-state index contributed by atoms with van der Waals surface area (Å²) in [6.45, 7) is 0. The first-order valence-electron chi connectivity index (χ1n) is 0. The topological polar surface area (TPSA) is 31.5 Å². The van der Waals surface area contributed by atoms with E-state index in [1.54, 1.807) is 0 Å². The average molecular weight is 365 g/mol. The molecule has 1 radical (unpaired) electrons. The fourth-order valence-corrected chi connectivity index (χ4v) is 0. The minimum atomic E-state index is 0. The molecule has 0 spiro atoms. The van der Waals surface area contributed by atoms with Crippen molar-refractivity contribution in [1.29, 1.82) is 0 Å². The Morgan fingerprint density at radius 3 is 1.25 bits per heavy atom. The normalized spacial score (nSPS) is 0. The van der Waals surface area contributed by atoms with E-state index in [0.717, 1.165) is 0 Å². The standard InChI is InChI=1S/Ba.Cu.Nd.H2O.2H/h;;;1H2;;/q+2;;;;2*-1. The van der Waals surface area contributed by atoms with E-state index in [1.807, 2.05) is 0 Å². The molecule has 0 aromatic heterocycles. The molecule has 0 fully saturated rings. The second-order valence-electron chi connectivity index (χ2n) is 0. The molecule has 1 nitrogen and oxygen atoms in total. The van der Waals surface area contributed by atoms with Crippen molar-refractivity contribution in [3.8, 4) is 0 Å². The SMILES string of the molecule is O.[Ba+2].[Cu].[H-].[H-].[Nd]. The second kappa shape index (κ2) is 16.1. The van der Waals surface area contributed by atoms with E-state index >= 15 is 0 Å². The summed E-state index contributed by atoms with van der Waals surface area (Å²) in [6.07, 6.45) is 0. The van der Waals surface area contributed by atoms with Gasteiger partial charge in [-0.15, -0.1) is 0 Å². The van der Waals surface area contributed by atoms with Crippen LogP contribution in [0.5, 0.6) is 0 Å². The molecular weight excluding hydrogens is 361 g/mol. The van der Waals surface area contributed by atoms with Crippen LogP contribution >= 0.6 is 0 Å². The van der Waals surface area contributed by atoms with Gasteiger partial charge >= 0.3 is 48.9 Å². The van der Waals surface area contributed by atoms with Gasteiger partial charge in [0.05, 0.1) is 0 Å². The van der Waals surface area contributed by atoms with Crippen LogP contribution in [0.25, 0.3) is 0 Å². The molecular formula is H4BaCuNdO. The van der Waals surface area contributed by atoms with Gasteiger partial charge in [-0.25, -0.2) is 0 Å². The van der Waals surface area contributed by atoms with Crippen LogP contribution in [0.4, 0.5) is 0 Å². The molecule has 0 aliphatic heterocycles. The predicted molar refractivity (Wildman–Crippen MR) is 11.6 cm³/mol. The Labute approximate surface area is 112 Å². The molecule has 0 atom stereocenters. The van der Waals surface area contributed by atoms with Crippen LogP contribution in [-0.2, 0) is 17.1 Å². The minimum absolute atomic E-state index is 0. The molecule has 0 bridgehead atoms. The first-order valence-corrected chi connectivity index (χ1v) is 0. The molecule has 0 amide bonds. The van der Waals surface area contributed by atoms with Crippen LogP contribution in [0, 0.1) is 40.8 Å². The maximum atomic E-state index is 0. The Balaban J connectivity index is 0. The zero-order valence-electron chi connectivity index (χ0n) is 4.01. The van der Waals surface area contributed by atoms with Gasteiger partial charge in [-0.3, -0.25) is 0 Å². The summed E-state index contributed by atoms with van der Waals surface area (Å²) in [7, 11) is 0. The van der Waals surface area contributed by atoms with Crippen molar-refractivity contribution in [1.82, 2.24) is 0 Å². The van der Waals surface area contributed by atoms with Gasteiger partial charge in [0.25, 0.3) is 0 Å². The summed E-state index contributed by atoms with van der Waals surface area (Å²) in [5.74, 6) is 0. The molecule has 0 saturated carbocycles. The van der Waals surface area contributed by atoms with Crippen molar-refractivity contribution < 1.29 is 66.2 Å². The first kappa shape index (κ1) is 26.2. The third kappa shape index (κ3) is 9.04. The Bertz CT molecular complexity index is 13.5. The fraction of sp³-hybridized carbons (Fsp3) is 0. The van der Waals surface area contributed by atoms with E-state index in [-0.39, 0.29) is 115 Å². The van der Waals surface area contributed by atoms with Gasteiger partial charge in [0.15, 0.2) is 0 Å². The van der Waals surface area contributed by atoms with Gasteiger partial charge in [0.1, 0.15) is 0 Å². The Morgan fingerprint density at radius 1 is 1.25 bits per heavy atom. The Hall–Kier alpha value is 3.40. The fourth-order valence-electron chi connectivity index (χ4n) is 0. The van der Waals surface area contributed by atoms with Crippen molar-refractivity contribution in [3.63, 3.8) is 0 Å². The van der Waals surface area contributed by atoms with Crippen LogP contribution in [-0.4, -0.2) is 54.4 Å². The molecule has 0 heterocycles. The molecule has 4 heavy (non-hydrogen) atoms. The molecule has 0 aliphatic carbocycles. The van der Waals surface area contributed by atoms with Gasteiger partial charge in [0.2, 0.25) is 0 Å². The maximum absolute atomic E-state index is 0. The smallest absolute Gasteiger partial charge is 1.00 e. The van der Waals surface area contributed by atoms with Crippen molar-refractivity contribution >= 4 is 48.9 Å². The summed E-state index contributed by atoms with van der Waals surface area (Å²) in [4.78, 5) is 0. The molecule has 0 unspecified atom stereocenters.